The number of piperidine rings is 1. The Balaban J connectivity index is 1.78. The molecule has 216 valence electrons. The van der Waals surface area contributed by atoms with Crippen molar-refractivity contribution < 1.29 is 33.3 Å². The molecule has 15 heteroatoms. The molecule has 0 bridgehead atoms. The lowest BCUT2D eigenvalue weighted by Gasteiger charge is -2.37. The standard InChI is InChI=1S/C24H33Cl2N5O7S/c1-6-38-23(34)20-19(22(33)28-13(10-35-3)11-36-4)30-24(39-20)31-8-7-14(15(9-31)37-5)29-21(32)18-17(26)16(25)12(2)27-18/h13-15,27H,6-11H2,1-5H3,(H,28,33)(H,29,32)/t14-,15+/m1/s1. The molecular weight excluding hydrogens is 573 g/mol. The Morgan fingerprint density at radius 1 is 1.15 bits per heavy atom. The number of carbonyl (C=O) groups excluding carboxylic acids is 3. The summed E-state index contributed by atoms with van der Waals surface area (Å²) in [6, 6.07) is -0.759. The van der Waals surface area contributed by atoms with Gasteiger partial charge in [0.2, 0.25) is 0 Å². The minimum Gasteiger partial charge on any atom is -0.462 e. The van der Waals surface area contributed by atoms with Gasteiger partial charge in [-0.3, -0.25) is 9.59 Å². The van der Waals surface area contributed by atoms with Gasteiger partial charge >= 0.3 is 5.97 Å². The number of carbonyl (C=O) groups is 3. The highest BCUT2D eigenvalue weighted by Crippen LogP contribution is 2.31. The van der Waals surface area contributed by atoms with Crippen LogP contribution in [0.25, 0.3) is 0 Å². The van der Waals surface area contributed by atoms with Gasteiger partial charge in [-0.05, 0) is 20.3 Å². The van der Waals surface area contributed by atoms with E-state index in [0.717, 1.165) is 11.3 Å². The molecule has 0 unspecified atom stereocenters. The summed E-state index contributed by atoms with van der Waals surface area (Å²) >= 11 is 13.4. The van der Waals surface area contributed by atoms with E-state index >= 15 is 0 Å². The number of rotatable bonds is 12. The largest absolute Gasteiger partial charge is 0.462 e. The molecule has 2 atom stereocenters. The molecule has 0 radical (unpaired) electrons. The van der Waals surface area contributed by atoms with Gasteiger partial charge in [-0.15, -0.1) is 0 Å². The normalized spacial score (nSPS) is 17.4. The van der Waals surface area contributed by atoms with Crippen molar-refractivity contribution in [3.8, 4) is 0 Å². The highest BCUT2D eigenvalue weighted by molar-refractivity contribution is 7.17. The van der Waals surface area contributed by atoms with Gasteiger partial charge in [0.15, 0.2) is 10.8 Å². The molecule has 2 aromatic rings. The molecule has 2 aromatic heterocycles. The number of anilines is 1. The van der Waals surface area contributed by atoms with Crippen LogP contribution in [0.3, 0.4) is 0 Å². The number of aromatic amines is 1. The molecular formula is C24H33Cl2N5O7S. The van der Waals surface area contributed by atoms with Crippen LogP contribution in [-0.2, 0) is 18.9 Å². The topological polar surface area (TPSA) is 144 Å². The van der Waals surface area contributed by atoms with Crippen molar-refractivity contribution in [1.29, 1.82) is 0 Å². The molecule has 2 amide bonds. The van der Waals surface area contributed by atoms with Crippen LogP contribution in [0.1, 0.15) is 49.7 Å². The summed E-state index contributed by atoms with van der Waals surface area (Å²) in [6.45, 7) is 4.84. The van der Waals surface area contributed by atoms with Gasteiger partial charge in [-0.25, -0.2) is 9.78 Å². The Bertz CT molecular complexity index is 1170. The monoisotopic (exact) mass is 605 g/mol. The fourth-order valence-electron chi connectivity index (χ4n) is 4.18. The first-order valence-corrected chi connectivity index (χ1v) is 13.8. The lowest BCUT2D eigenvalue weighted by Crippen LogP contribution is -2.55. The van der Waals surface area contributed by atoms with Gasteiger partial charge in [0.05, 0.1) is 48.1 Å². The van der Waals surface area contributed by atoms with Crippen molar-refractivity contribution in [2.45, 2.75) is 38.5 Å². The van der Waals surface area contributed by atoms with Crippen LogP contribution < -0.4 is 15.5 Å². The van der Waals surface area contributed by atoms with Crippen molar-refractivity contribution in [3.63, 3.8) is 0 Å². The lowest BCUT2D eigenvalue weighted by molar-refractivity contribution is 0.0526. The van der Waals surface area contributed by atoms with E-state index in [1.165, 1.54) is 14.2 Å². The first kappa shape index (κ1) is 31.1. The Kier molecular flexibility index (Phi) is 11.4. The van der Waals surface area contributed by atoms with Gasteiger partial charge in [-0.1, -0.05) is 34.5 Å². The average Bonchev–Trinajstić information content (AvgIpc) is 3.47. The molecule has 1 aliphatic heterocycles. The Morgan fingerprint density at radius 3 is 2.41 bits per heavy atom. The van der Waals surface area contributed by atoms with E-state index in [4.69, 9.17) is 42.1 Å². The second kappa shape index (κ2) is 14.3. The van der Waals surface area contributed by atoms with Crippen LogP contribution in [0.5, 0.6) is 0 Å². The molecule has 0 spiro atoms. The lowest BCUT2D eigenvalue weighted by atomic mass is 10.0. The first-order valence-electron chi connectivity index (χ1n) is 12.2. The van der Waals surface area contributed by atoms with Crippen LogP contribution in [0.4, 0.5) is 5.13 Å². The third kappa shape index (κ3) is 7.41. The van der Waals surface area contributed by atoms with E-state index in [2.05, 4.69) is 20.6 Å². The summed E-state index contributed by atoms with van der Waals surface area (Å²) in [5, 5.41) is 6.68. The number of hydrogen-bond donors (Lipinski definition) is 3. The molecule has 3 rings (SSSR count). The highest BCUT2D eigenvalue weighted by Gasteiger charge is 2.35. The molecule has 3 heterocycles. The second-order valence-corrected chi connectivity index (χ2v) is 10.6. The van der Waals surface area contributed by atoms with Gasteiger partial charge in [0, 0.05) is 40.1 Å². The average molecular weight is 607 g/mol. The Morgan fingerprint density at radius 2 is 1.85 bits per heavy atom. The number of hydrogen-bond acceptors (Lipinski definition) is 10. The molecule has 0 aliphatic carbocycles. The van der Waals surface area contributed by atoms with E-state index in [-0.39, 0.29) is 47.2 Å². The van der Waals surface area contributed by atoms with E-state index in [1.807, 2.05) is 4.90 Å². The van der Waals surface area contributed by atoms with Gasteiger partial charge in [0.25, 0.3) is 11.8 Å². The number of aromatic nitrogens is 2. The molecule has 1 fully saturated rings. The van der Waals surface area contributed by atoms with Crippen molar-refractivity contribution in [3.05, 3.63) is 32.0 Å². The zero-order valence-electron chi connectivity index (χ0n) is 22.4. The summed E-state index contributed by atoms with van der Waals surface area (Å²) in [5.74, 6) is -1.57. The number of nitrogens with one attached hydrogen (secondary N) is 3. The van der Waals surface area contributed by atoms with Gasteiger partial charge in [-0.2, -0.15) is 0 Å². The Hall–Kier alpha value is -2.42. The number of methoxy groups -OCH3 is 3. The van der Waals surface area contributed by atoms with Crippen LogP contribution in [0.2, 0.25) is 10.0 Å². The summed E-state index contributed by atoms with van der Waals surface area (Å²) in [6.07, 6.45) is 0.0996. The molecule has 12 nitrogen and oxygen atoms in total. The molecule has 1 aliphatic rings. The molecule has 0 saturated carbocycles. The number of H-pyrrole nitrogens is 1. The Labute approximate surface area is 240 Å². The van der Waals surface area contributed by atoms with E-state index in [9.17, 15) is 14.4 Å². The van der Waals surface area contributed by atoms with Gasteiger partial charge < -0.3 is 39.5 Å². The van der Waals surface area contributed by atoms with Crippen LogP contribution >= 0.6 is 34.5 Å². The smallest absolute Gasteiger partial charge is 0.350 e. The van der Waals surface area contributed by atoms with Crippen molar-refractivity contribution in [1.82, 2.24) is 20.6 Å². The van der Waals surface area contributed by atoms with Gasteiger partial charge in [0.1, 0.15) is 10.6 Å². The predicted molar refractivity (Wildman–Crippen MR) is 148 cm³/mol. The number of nitrogens with zero attached hydrogens (tertiary/aromatic N) is 2. The van der Waals surface area contributed by atoms with Crippen LogP contribution in [0.15, 0.2) is 0 Å². The summed E-state index contributed by atoms with van der Waals surface area (Å²) < 4.78 is 21.1. The second-order valence-electron chi connectivity index (χ2n) is 8.82. The fourth-order valence-corrected chi connectivity index (χ4v) is 5.59. The maximum Gasteiger partial charge on any atom is 0.350 e. The number of esters is 1. The SMILES string of the molecule is CCOC(=O)c1sc(N2CC[C@@H](NC(=O)c3[nH]c(C)c(Cl)c3Cl)[C@@H](OC)C2)nc1C(=O)NC(COC)COC. The molecule has 3 N–H and O–H groups in total. The third-order valence-electron chi connectivity index (χ3n) is 6.09. The van der Waals surface area contributed by atoms with E-state index in [1.54, 1.807) is 21.0 Å². The third-order valence-corrected chi connectivity index (χ3v) is 8.14. The minimum atomic E-state index is -0.636. The van der Waals surface area contributed by atoms with Crippen LogP contribution in [0, 0.1) is 6.92 Å². The quantitative estimate of drug-likeness (QED) is 0.311. The molecule has 39 heavy (non-hydrogen) atoms. The van der Waals surface area contributed by atoms with Crippen molar-refractivity contribution in [2.75, 3.05) is 59.1 Å². The maximum absolute atomic E-state index is 13.1. The summed E-state index contributed by atoms with van der Waals surface area (Å²) in [5.41, 5.74) is 0.747. The van der Waals surface area contributed by atoms with Crippen LogP contribution in [-0.4, -0.2) is 100 Å². The molecule has 1 saturated heterocycles. The van der Waals surface area contributed by atoms with Crippen molar-refractivity contribution >= 4 is 57.5 Å². The highest BCUT2D eigenvalue weighted by atomic mass is 35.5. The maximum atomic E-state index is 13.1. The number of ether oxygens (including phenoxy) is 4. The van der Waals surface area contributed by atoms with E-state index in [0.29, 0.717) is 35.4 Å². The summed E-state index contributed by atoms with van der Waals surface area (Å²) in [7, 11) is 4.58. The number of halogens is 2. The number of thiazole rings is 1. The molecule has 0 aromatic carbocycles. The minimum absolute atomic E-state index is 0.0383. The zero-order valence-corrected chi connectivity index (χ0v) is 24.7. The fraction of sp³-hybridized carbons (Fsp3) is 0.583. The zero-order chi connectivity index (χ0) is 28.7. The van der Waals surface area contributed by atoms with Crippen molar-refractivity contribution in [2.24, 2.45) is 0 Å². The number of amides is 2. The predicted octanol–water partition coefficient (Wildman–Crippen LogP) is 2.68. The summed E-state index contributed by atoms with van der Waals surface area (Å²) in [4.78, 5) is 48.1. The number of aryl methyl sites for hydroxylation is 1. The first-order chi connectivity index (χ1) is 18.6. The van der Waals surface area contributed by atoms with E-state index < -0.39 is 29.9 Å².